The minimum atomic E-state index is 0.443. The second-order valence-corrected chi connectivity index (χ2v) is 5.44. The van der Waals surface area contributed by atoms with Crippen LogP contribution in [0.15, 0.2) is 40.9 Å². The van der Waals surface area contributed by atoms with Crippen LogP contribution in [0.3, 0.4) is 0 Å². The molecular formula is C15H12BrClN2O. The summed E-state index contributed by atoms with van der Waals surface area (Å²) in [6, 6.07) is 13.1. The minimum absolute atomic E-state index is 0.443. The van der Waals surface area contributed by atoms with Gasteiger partial charge in [-0.05, 0) is 36.4 Å². The van der Waals surface area contributed by atoms with Crippen molar-refractivity contribution in [1.82, 2.24) is 0 Å². The molecule has 102 valence electrons. The van der Waals surface area contributed by atoms with Gasteiger partial charge < -0.3 is 10.1 Å². The van der Waals surface area contributed by atoms with Gasteiger partial charge in [-0.25, -0.2) is 0 Å². The van der Waals surface area contributed by atoms with Crippen LogP contribution >= 0.6 is 27.5 Å². The molecule has 0 aliphatic heterocycles. The number of halogens is 2. The summed E-state index contributed by atoms with van der Waals surface area (Å²) >= 11 is 9.44. The lowest BCUT2D eigenvalue weighted by Crippen LogP contribution is -2.02. The van der Waals surface area contributed by atoms with Gasteiger partial charge in [-0.15, -0.1) is 0 Å². The molecular weight excluding hydrogens is 340 g/mol. The number of hydrogen-bond acceptors (Lipinski definition) is 3. The van der Waals surface area contributed by atoms with Crippen molar-refractivity contribution < 1.29 is 4.74 Å². The first-order valence-electron chi connectivity index (χ1n) is 5.90. The van der Waals surface area contributed by atoms with Gasteiger partial charge in [0.1, 0.15) is 11.8 Å². The Morgan fingerprint density at radius 3 is 2.75 bits per heavy atom. The van der Waals surface area contributed by atoms with E-state index >= 15 is 0 Å². The fourth-order valence-corrected chi connectivity index (χ4v) is 2.43. The summed E-state index contributed by atoms with van der Waals surface area (Å²) in [5.74, 6) is 0.820. The molecule has 0 aliphatic rings. The number of ether oxygens (including phenoxy) is 1. The van der Waals surface area contributed by atoms with Crippen LogP contribution in [0.25, 0.3) is 0 Å². The molecule has 0 saturated carbocycles. The number of anilines is 1. The van der Waals surface area contributed by atoms with Crippen molar-refractivity contribution in [2.45, 2.75) is 6.54 Å². The van der Waals surface area contributed by atoms with Crippen LogP contribution in [0.1, 0.15) is 11.1 Å². The number of nitrogens with zero attached hydrogens (tertiary/aromatic N) is 1. The van der Waals surface area contributed by atoms with Crippen LogP contribution in [0.2, 0.25) is 5.02 Å². The molecule has 0 radical (unpaired) electrons. The third-order valence-corrected chi connectivity index (χ3v) is 3.62. The average Bonchev–Trinajstić information content (AvgIpc) is 2.45. The zero-order chi connectivity index (χ0) is 14.5. The van der Waals surface area contributed by atoms with Crippen molar-refractivity contribution >= 4 is 33.2 Å². The fourth-order valence-electron chi connectivity index (χ4n) is 1.80. The molecule has 20 heavy (non-hydrogen) atoms. The number of benzene rings is 2. The lowest BCUT2D eigenvalue weighted by Gasteiger charge is -2.11. The Morgan fingerprint density at radius 2 is 2.10 bits per heavy atom. The molecule has 0 bridgehead atoms. The van der Waals surface area contributed by atoms with Crippen molar-refractivity contribution in [2.24, 2.45) is 0 Å². The molecule has 0 aliphatic carbocycles. The molecule has 5 heteroatoms. The second kappa shape index (κ2) is 6.65. The van der Waals surface area contributed by atoms with E-state index < -0.39 is 0 Å². The Kier molecular flexibility index (Phi) is 4.89. The quantitative estimate of drug-likeness (QED) is 0.876. The van der Waals surface area contributed by atoms with Gasteiger partial charge in [-0.3, -0.25) is 0 Å². The first kappa shape index (κ1) is 14.7. The van der Waals surface area contributed by atoms with Crippen LogP contribution in [0, 0.1) is 11.3 Å². The monoisotopic (exact) mass is 350 g/mol. The van der Waals surface area contributed by atoms with Crippen LogP contribution in [-0.2, 0) is 6.54 Å². The normalized spacial score (nSPS) is 9.90. The van der Waals surface area contributed by atoms with Crippen LogP contribution in [-0.4, -0.2) is 7.11 Å². The number of methoxy groups -OCH3 is 1. The van der Waals surface area contributed by atoms with Crippen molar-refractivity contribution in [3.05, 3.63) is 57.0 Å². The van der Waals surface area contributed by atoms with E-state index in [4.69, 9.17) is 21.6 Å². The summed E-state index contributed by atoms with van der Waals surface area (Å²) in [6.45, 7) is 0.602. The van der Waals surface area contributed by atoms with Gasteiger partial charge in [0, 0.05) is 22.3 Å². The first-order valence-corrected chi connectivity index (χ1v) is 7.07. The number of hydrogen-bond donors (Lipinski definition) is 1. The molecule has 1 N–H and O–H groups in total. The summed E-state index contributed by atoms with van der Waals surface area (Å²) in [5, 5.41) is 12.5. The zero-order valence-corrected chi connectivity index (χ0v) is 13.1. The maximum Gasteiger partial charge on any atom is 0.123 e. The van der Waals surface area contributed by atoms with Crippen LogP contribution in [0.5, 0.6) is 5.75 Å². The average molecular weight is 352 g/mol. The second-order valence-electron chi connectivity index (χ2n) is 4.12. The third-order valence-electron chi connectivity index (χ3n) is 2.81. The summed E-state index contributed by atoms with van der Waals surface area (Å²) < 4.78 is 6.31. The fraction of sp³-hybridized carbons (Fsp3) is 0.133. The highest BCUT2D eigenvalue weighted by atomic mass is 79.9. The van der Waals surface area contributed by atoms with Gasteiger partial charge in [-0.2, -0.15) is 5.26 Å². The van der Waals surface area contributed by atoms with Gasteiger partial charge in [-0.1, -0.05) is 27.5 Å². The first-order chi connectivity index (χ1) is 9.63. The maximum absolute atomic E-state index is 8.84. The Hall–Kier alpha value is -1.70. The highest BCUT2D eigenvalue weighted by molar-refractivity contribution is 9.10. The van der Waals surface area contributed by atoms with Crippen LogP contribution < -0.4 is 10.1 Å². The molecule has 0 unspecified atom stereocenters. The molecule has 0 spiro atoms. The standard InChI is InChI=1S/C15H12BrClN2O/c1-20-15-5-3-12(16)6-11(15)9-19-13-4-2-10(8-18)14(17)7-13/h2-7,19H,9H2,1H3. The largest absolute Gasteiger partial charge is 0.496 e. The van der Waals surface area contributed by atoms with Gasteiger partial charge in [0.05, 0.1) is 17.7 Å². The smallest absolute Gasteiger partial charge is 0.123 e. The third kappa shape index (κ3) is 3.44. The van der Waals surface area contributed by atoms with E-state index in [0.717, 1.165) is 21.5 Å². The molecule has 0 fully saturated rings. The number of rotatable bonds is 4. The molecule has 0 amide bonds. The van der Waals surface area contributed by atoms with Crippen molar-refractivity contribution in [1.29, 1.82) is 5.26 Å². The van der Waals surface area contributed by atoms with E-state index in [-0.39, 0.29) is 0 Å². The topological polar surface area (TPSA) is 45.0 Å². The van der Waals surface area contributed by atoms with Gasteiger partial charge in [0.15, 0.2) is 0 Å². The van der Waals surface area contributed by atoms with E-state index in [1.165, 1.54) is 0 Å². The predicted octanol–water partition coefficient (Wildman–Crippen LogP) is 4.59. The summed E-state index contributed by atoms with van der Waals surface area (Å²) in [5.41, 5.74) is 2.36. The lowest BCUT2D eigenvalue weighted by molar-refractivity contribution is 0.410. The van der Waals surface area contributed by atoms with E-state index in [2.05, 4.69) is 21.2 Å². The van der Waals surface area contributed by atoms with Gasteiger partial charge in [0.2, 0.25) is 0 Å². The zero-order valence-electron chi connectivity index (χ0n) is 10.8. The van der Waals surface area contributed by atoms with E-state index in [9.17, 15) is 0 Å². The Morgan fingerprint density at radius 1 is 1.30 bits per heavy atom. The summed E-state index contributed by atoms with van der Waals surface area (Å²) in [6.07, 6.45) is 0. The highest BCUT2D eigenvalue weighted by Gasteiger charge is 2.05. The van der Waals surface area contributed by atoms with Gasteiger partial charge in [0.25, 0.3) is 0 Å². The van der Waals surface area contributed by atoms with E-state index in [1.807, 2.05) is 30.3 Å². The maximum atomic E-state index is 8.84. The molecule has 3 nitrogen and oxygen atoms in total. The summed E-state index contributed by atoms with van der Waals surface area (Å²) in [7, 11) is 1.64. The van der Waals surface area contributed by atoms with E-state index in [0.29, 0.717) is 17.1 Å². The summed E-state index contributed by atoms with van der Waals surface area (Å²) in [4.78, 5) is 0. The number of nitriles is 1. The van der Waals surface area contributed by atoms with Gasteiger partial charge >= 0.3 is 0 Å². The lowest BCUT2D eigenvalue weighted by atomic mass is 10.2. The van der Waals surface area contributed by atoms with Crippen molar-refractivity contribution in [2.75, 3.05) is 12.4 Å². The SMILES string of the molecule is COc1ccc(Br)cc1CNc1ccc(C#N)c(Cl)c1. The predicted molar refractivity (Wildman–Crippen MR) is 84.2 cm³/mol. The Labute approximate surface area is 131 Å². The number of nitrogens with one attached hydrogen (secondary N) is 1. The van der Waals surface area contributed by atoms with Crippen molar-refractivity contribution in [3.8, 4) is 11.8 Å². The molecule has 0 atom stereocenters. The van der Waals surface area contributed by atoms with E-state index in [1.54, 1.807) is 19.2 Å². The highest BCUT2D eigenvalue weighted by Crippen LogP contribution is 2.25. The van der Waals surface area contributed by atoms with Crippen LogP contribution in [0.4, 0.5) is 5.69 Å². The molecule has 2 rings (SSSR count). The Bertz CT molecular complexity index is 667. The molecule has 0 aromatic heterocycles. The Balaban J connectivity index is 2.15. The molecule has 0 heterocycles. The minimum Gasteiger partial charge on any atom is -0.496 e. The molecule has 2 aromatic rings. The molecule has 2 aromatic carbocycles. The van der Waals surface area contributed by atoms with Crippen molar-refractivity contribution in [3.63, 3.8) is 0 Å². The molecule has 0 saturated heterocycles.